The van der Waals surface area contributed by atoms with E-state index in [-0.39, 0.29) is 11.5 Å². The number of oxazole rings is 1. The number of ether oxygens (including phenoxy) is 1. The fourth-order valence-electron chi connectivity index (χ4n) is 2.23. The molecule has 1 aliphatic heterocycles. The molecule has 18 heavy (non-hydrogen) atoms. The van der Waals surface area contributed by atoms with E-state index in [0.717, 1.165) is 24.7 Å². The lowest BCUT2D eigenvalue weighted by molar-refractivity contribution is -0.0327. The highest BCUT2D eigenvalue weighted by atomic mass is 16.5. The highest BCUT2D eigenvalue weighted by Gasteiger charge is 2.31. The van der Waals surface area contributed by atoms with Gasteiger partial charge in [-0.3, -0.25) is 4.90 Å². The van der Waals surface area contributed by atoms with Crippen LogP contribution in [0.1, 0.15) is 52.2 Å². The minimum atomic E-state index is 0.0277. The van der Waals surface area contributed by atoms with Crippen LogP contribution in [0.2, 0.25) is 0 Å². The predicted octanol–water partition coefficient (Wildman–Crippen LogP) is 2.75. The molecule has 1 aliphatic rings. The lowest BCUT2D eigenvalue weighted by Gasteiger charge is -2.36. The topological polar surface area (TPSA) is 38.5 Å². The van der Waals surface area contributed by atoms with E-state index in [4.69, 9.17) is 9.15 Å². The summed E-state index contributed by atoms with van der Waals surface area (Å²) in [7, 11) is 0. The molecule has 0 radical (unpaired) electrons. The Balaban J connectivity index is 2.21. The molecule has 4 heteroatoms. The molecule has 4 nitrogen and oxygen atoms in total. The highest BCUT2D eigenvalue weighted by Crippen LogP contribution is 2.28. The van der Waals surface area contributed by atoms with Crippen LogP contribution in [0.25, 0.3) is 0 Å². The fraction of sp³-hybridized carbons (Fsp3) is 0.786. The zero-order valence-corrected chi connectivity index (χ0v) is 12.1. The molecule has 0 unspecified atom stereocenters. The smallest absolute Gasteiger partial charge is 0.214 e. The van der Waals surface area contributed by atoms with Gasteiger partial charge in [0.25, 0.3) is 0 Å². The number of morpholine rings is 1. The summed E-state index contributed by atoms with van der Waals surface area (Å²) >= 11 is 0. The zero-order chi connectivity index (χ0) is 13.3. The maximum absolute atomic E-state index is 5.68. The van der Waals surface area contributed by atoms with Crippen molar-refractivity contribution in [3.05, 3.63) is 17.8 Å². The Morgan fingerprint density at radius 2 is 2.11 bits per heavy atom. The molecule has 1 fully saturated rings. The third-order valence-electron chi connectivity index (χ3n) is 3.41. The van der Waals surface area contributed by atoms with Crippen LogP contribution in [0.3, 0.4) is 0 Å². The predicted molar refractivity (Wildman–Crippen MR) is 70.6 cm³/mol. The molecule has 0 saturated carbocycles. The molecule has 1 aromatic rings. The van der Waals surface area contributed by atoms with Gasteiger partial charge in [-0.2, -0.15) is 0 Å². The molecule has 0 aliphatic carbocycles. The van der Waals surface area contributed by atoms with Crippen LogP contribution in [-0.4, -0.2) is 35.7 Å². The minimum absolute atomic E-state index is 0.0277. The van der Waals surface area contributed by atoms with Gasteiger partial charge in [0, 0.05) is 18.0 Å². The van der Waals surface area contributed by atoms with Crippen LogP contribution in [0.4, 0.5) is 0 Å². The molecule has 1 aromatic heterocycles. The Labute approximate surface area is 109 Å². The maximum atomic E-state index is 5.68. The average molecular weight is 252 g/mol. The van der Waals surface area contributed by atoms with Gasteiger partial charge in [-0.25, -0.2) is 4.98 Å². The average Bonchev–Trinajstić information content (AvgIpc) is 2.77. The van der Waals surface area contributed by atoms with Gasteiger partial charge < -0.3 is 9.15 Å². The molecule has 2 rings (SSSR count). The maximum Gasteiger partial charge on any atom is 0.214 e. The first-order chi connectivity index (χ1) is 8.39. The third-order valence-corrected chi connectivity index (χ3v) is 3.41. The highest BCUT2D eigenvalue weighted by molar-refractivity contribution is 5.10. The zero-order valence-electron chi connectivity index (χ0n) is 12.1. The first kappa shape index (κ1) is 13.6. The summed E-state index contributed by atoms with van der Waals surface area (Å²) in [5.41, 5.74) is 1.03. The van der Waals surface area contributed by atoms with E-state index < -0.39 is 0 Å². The van der Waals surface area contributed by atoms with E-state index in [1.165, 1.54) is 0 Å². The molecule has 0 amide bonds. The monoisotopic (exact) mass is 252 g/mol. The molecule has 1 atom stereocenters. The summed E-state index contributed by atoms with van der Waals surface area (Å²) in [6.45, 7) is 13.2. The number of aromatic nitrogens is 1. The SMILES string of the molecule is CC(C)N1CCOC[C@H]1c1nc(C(C)(C)C)co1. The number of rotatable bonds is 2. The van der Waals surface area contributed by atoms with Gasteiger partial charge in [0.05, 0.1) is 18.9 Å². The van der Waals surface area contributed by atoms with Gasteiger partial charge in [0.1, 0.15) is 12.3 Å². The second kappa shape index (κ2) is 5.02. The van der Waals surface area contributed by atoms with Crippen molar-refractivity contribution in [1.29, 1.82) is 0 Å². The summed E-state index contributed by atoms with van der Waals surface area (Å²) in [5, 5.41) is 0. The van der Waals surface area contributed by atoms with Crippen LogP contribution < -0.4 is 0 Å². The van der Waals surface area contributed by atoms with Crippen molar-refractivity contribution in [2.75, 3.05) is 19.8 Å². The van der Waals surface area contributed by atoms with E-state index in [9.17, 15) is 0 Å². The van der Waals surface area contributed by atoms with Gasteiger partial charge in [0.2, 0.25) is 5.89 Å². The van der Waals surface area contributed by atoms with E-state index in [1.54, 1.807) is 6.26 Å². The fourth-order valence-corrected chi connectivity index (χ4v) is 2.23. The Morgan fingerprint density at radius 3 is 2.67 bits per heavy atom. The Hall–Kier alpha value is -0.870. The van der Waals surface area contributed by atoms with Crippen LogP contribution in [-0.2, 0) is 10.2 Å². The first-order valence-corrected chi connectivity index (χ1v) is 6.69. The Bertz CT molecular complexity index is 393. The summed E-state index contributed by atoms with van der Waals surface area (Å²) < 4.78 is 11.2. The first-order valence-electron chi connectivity index (χ1n) is 6.69. The van der Waals surface area contributed by atoms with Crippen LogP contribution in [0, 0.1) is 0 Å². The number of nitrogens with zero attached hydrogens (tertiary/aromatic N) is 2. The summed E-state index contributed by atoms with van der Waals surface area (Å²) in [4.78, 5) is 7.04. The molecular formula is C14H24N2O2. The number of hydrogen-bond donors (Lipinski definition) is 0. The van der Waals surface area contributed by atoms with E-state index in [0.29, 0.717) is 12.6 Å². The van der Waals surface area contributed by atoms with Crippen LogP contribution in [0.15, 0.2) is 10.7 Å². The molecular weight excluding hydrogens is 228 g/mol. The van der Waals surface area contributed by atoms with Gasteiger partial charge in [-0.15, -0.1) is 0 Å². The van der Waals surface area contributed by atoms with Crippen molar-refractivity contribution in [2.24, 2.45) is 0 Å². The minimum Gasteiger partial charge on any atom is -0.447 e. The molecule has 0 N–H and O–H groups in total. The van der Waals surface area contributed by atoms with E-state index >= 15 is 0 Å². The summed E-state index contributed by atoms with van der Waals surface area (Å²) in [6.07, 6.45) is 1.78. The van der Waals surface area contributed by atoms with Gasteiger partial charge in [-0.05, 0) is 13.8 Å². The van der Waals surface area contributed by atoms with Crippen molar-refractivity contribution in [1.82, 2.24) is 9.88 Å². The van der Waals surface area contributed by atoms with E-state index in [1.807, 2.05) is 0 Å². The van der Waals surface area contributed by atoms with Crippen molar-refractivity contribution < 1.29 is 9.15 Å². The molecule has 0 spiro atoms. The summed E-state index contributed by atoms with van der Waals surface area (Å²) in [6, 6.07) is 0.624. The van der Waals surface area contributed by atoms with Crippen LogP contribution >= 0.6 is 0 Å². The second-order valence-corrected chi connectivity index (χ2v) is 6.24. The van der Waals surface area contributed by atoms with Crippen molar-refractivity contribution in [3.63, 3.8) is 0 Å². The van der Waals surface area contributed by atoms with Gasteiger partial charge >= 0.3 is 0 Å². The van der Waals surface area contributed by atoms with E-state index in [2.05, 4.69) is 44.5 Å². The van der Waals surface area contributed by atoms with Crippen LogP contribution in [0.5, 0.6) is 0 Å². The second-order valence-electron chi connectivity index (χ2n) is 6.24. The standard InChI is InChI=1S/C14H24N2O2/c1-10(2)16-6-7-17-8-11(16)13-15-12(9-18-13)14(3,4)5/h9-11H,6-8H2,1-5H3/t11-/m0/s1. The molecule has 2 heterocycles. The lowest BCUT2D eigenvalue weighted by atomic mass is 9.93. The normalized spacial score (nSPS) is 22.7. The third kappa shape index (κ3) is 2.75. The molecule has 1 saturated heterocycles. The Morgan fingerprint density at radius 1 is 1.39 bits per heavy atom. The molecule has 0 aromatic carbocycles. The van der Waals surface area contributed by atoms with Gasteiger partial charge in [0.15, 0.2) is 0 Å². The quantitative estimate of drug-likeness (QED) is 0.811. The number of hydrogen-bond acceptors (Lipinski definition) is 4. The van der Waals surface area contributed by atoms with Gasteiger partial charge in [-0.1, -0.05) is 20.8 Å². The molecule has 102 valence electrons. The van der Waals surface area contributed by atoms with Crippen molar-refractivity contribution in [2.45, 2.75) is 52.1 Å². The summed E-state index contributed by atoms with van der Waals surface area (Å²) in [5.74, 6) is 0.785. The lowest BCUT2D eigenvalue weighted by Crippen LogP contribution is -2.43. The van der Waals surface area contributed by atoms with Crippen molar-refractivity contribution >= 4 is 0 Å². The largest absolute Gasteiger partial charge is 0.447 e. The Kier molecular flexibility index (Phi) is 3.78. The van der Waals surface area contributed by atoms with Crippen molar-refractivity contribution in [3.8, 4) is 0 Å². The molecule has 0 bridgehead atoms.